The monoisotopic (exact) mass is 231 g/mol. The Balaban J connectivity index is 2.37. The first-order valence-electron chi connectivity index (χ1n) is 6.59. The number of hydrogen-bond donors (Lipinski definition) is 1. The lowest BCUT2D eigenvalue weighted by Gasteiger charge is -2.29. The maximum atomic E-state index is 13.0. The van der Waals surface area contributed by atoms with Gasteiger partial charge in [0.15, 0.2) is 0 Å². The molecule has 16 heavy (non-hydrogen) atoms. The first-order chi connectivity index (χ1) is 7.70. The van der Waals surface area contributed by atoms with Gasteiger partial charge < -0.3 is 10.0 Å². The van der Waals surface area contributed by atoms with Gasteiger partial charge in [-0.25, -0.2) is 0 Å². The van der Waals surface area contributed by atoms with Crippen LogP contribution in [0.4, 0.5) is 4.39 Å². The Labute approximate surface area is 98.8 Å². The maximum Gasteiger partial charge on any atom is 0.0947 e. The Kier molecular flexibility index (Phi) is 6.29. The van der Waals surface area contributed by atoms with Crippen molar-refractivity contribution in [1.29, 1.82) is 0 Å². The van der Waals surface area contributed by atoms with Crippen molar-refractivity contribution in [3.63, 3.8) is 0 Å². The van der Waals surface area contributed by atoms with E-state index in [1.54, 1.807) is 0 Å². The molecular formula is C13H26FNO. The molecular weight excluding hydrogens is 205 g/mol. The molecule has 0 saturated carbocycles. The SMILES string of the molecule is CC1(CF)CCCCN(CCO)CCCC1. The largest absolute Gasteiger partial charge is 0.395 e. The molecule has 1 saturated heterocycles. The van der Waals surface area contributed by atoms with Gasteiger partial charge in [0, 0.05) is 6.54 Å². The highest BCUT2D eigenvalue weighted by atomic mass is 19.1. The lowest BCUT2D eigenvalue weighted by Crippen LogP contribution is -2.31. The summed E-state index contributed by atoms with van der Waals surface area (Å²) in [6.45, 7) is 5.07. The summed E-state index contributed by atoms with van der Waals surface area (Å²) in [5.74, 6) is 0. The van der Waals surface area contributed by atoms with Crippen LogP contribution < -0.4 is 0 Å². The van der Waals surface area contributed by atoms with Crippen molar-refractivity contribution in [2.24, 2.45) is 5.41 Å². The van der Waals surface area contributed by atoms with E-state index >= 15 is 0 Å². The first-order valence-corrected chi connectivity index (χ1v) is 6.59. The Morgan fingerprint density at radius 2 is 1.69 bits per heavy atom. The van der Waals surface area contributed by atoms with Crippen LogP contribution in [0.1, 0.15) is 45.4 Å². The molecule has 0 bridgehead atoms. The van der Waals surface area contributed by atoms with Crippen LogP contribution >= 0.6 is 0 Å². The zero-order valence-electron chi connectivity index (χ0n) is 10.6. The minimum absolute atomic E-state index is 0.0703. The number of alkyl halides is 1. The normalized spacial score (nSPS) is 24.2. The average molecular weight is 231 g/mol. The third kappa shape index (κ3) is 4.79. The topological polar surface area (TPSA) is 23.5 Å². The van der Waals surface area contributed by atoms with E-state index in [9.17, 15) is 4.39 Å². The fraction of sp³-hybridized carbons (Fsp3) is 1.00. The molecule has 1 aliphatic heterocycles. The van der Waals surface area contributed by atoms with Crippen molar-refractivity contribution in [3.05, 3.63) is 0 Å². The van der Waals surface area contributed by atoms with Gasteiger partial charge in [-0.3, -0.25) is 4.39 Å². The van der Waals surface area contributed by atoms with Crippen LogP contribution in [0.5, 0.6) is 0 Å². The molecule has 0 aromatic heterocycles. The van der Waals surface area contributed by atoms with Crippen LogP contribution in [0.25, 0.3) is 0 Å². The smallest absolute Gasteiger partial charge is 0.0947 e. The van der Waals surface area contributed by atoms with Crippen molar-refractivity contribution < 1.29 is 9.50 Å². The molecule has 0 radical (unpaired) electrons. The van der Waals surface area contributed by atoms with E-state index in [1.165, 1.54) is 0 Å². The van der Waals surface area contributed by atoms with E-state index in [4.69, 9.17) is 5.11 Å². The summed E-state index contributed by atoms with van der Waals surface area (Å²) in [6, 6.07) is 0. The van der Waals surface area contributed by atoms with E-state index in [1.807, 2.05) is 0 Å². The van der Waals surface area contributed by atoms with E-state index < -0.39 is 0 Å². The molecule has 1 N–H and O–H groups in total. The van der Waals surface area contributed by atoms with Crippen molar-refractivity contribution in [2.45, 2.75) is 45.4 Å². The number of aliphatic hydroxyl groups is 1. The summed E-state index contributed by atoms with van der Waals surface area (Å²) in [5, 5.41) is 8.94. The number of halogens is 1. The molecule has 1 heterocycles. The Hall–Kier alpha value is -0.150. The van der Waals surface area contributed by atoms with Crippen LogP contribution in [0.15, 0.2) is 0 Å². The summed E-state index contributed by atoms with van der Waals surface area (Å²) in [4.78, 5) is 2.33. The number of β-amino-alcohol motifs (C(OH)–C–C–N with tert-alkyl or cyclic N) is 1. The van der Waals surface area contributed by atoms with Crippen molar-refractivity contribution in [1.82, 2.24) is 4.90 Å². The molecule has 0 aliphatic carbocycles. The number of hydrogen-bond acceptors (Lipinski definition) is 2. The highest BCUT2D eigenvalue weighted by Crippen LogP contribution is 2.31. The summed E-state index contributed by atoms with van der Waals surface area (Å²) < 4.78 is 13.0. The van der Waals surface area contributed by atoms with Gasteiger partial charge in [-0.15, -0.1) is 0 Å². The highest BCUT2D eigenvalue weighted by Gasteiger charge is 2.24. The molecule has 0 unspecified atom stereocenters. The van der Waals surface area contributed by atoms with Gasteiger partial charge in [0.1, 0.15) is 0 Å². The van der Waals surface area contributed by atoms with Crippen molar-refractivity contribution in [2.75, 3.05) is 32.9 Å². The Bertz CT molecular complexity index is 175. The van der Waals surface area contributed by atoms with Crippen molar-refractivity contribution >= 4 is 0 Å². The Morgan fingerprint density at radius 3 is 2.12 bits per heavy atom. The summed E-state index contributed by atoms with van der Waals surface area (Å²) >= 11 is 0. The van der Waals surface area contributed by atoms with E-state index in [0.717, 1.165) is 58.2 Å². The zero-order chi connectivity index (χ0) is 11.9. The second-order valence-corrected chi connectivity index (χ2v) is 5.42. The molecule has 0 amide bonds. The fourth-order valence-corrected chi connectivity index (χ4v) is 2.51. The third-order valence-electron chi connectivity index (χ3n) is 3.75. The molecule has 0 spiro atoms. The predicted molar refractivity (Wildman–Crippen MR) is 65.3 cm³/mol. The van der Waals surface area contributed by atoms with E-state index in [2.05, 4.69) is 11.8 Å². The summed E-state index contributed by atoms with van der Waals surface area (Å²) in [7, 11) is 0. The van der Waals surface area contributed by atoms with Gasteiger partial charge in [0.25, 0.3) is 0 Å². The molecule has 1 aliphatic rings. The Morgan fingerprint density at radius 1 is 1.12 bits per heavy atom. The zero-order valence-corrected chi connectivity index (χ0v) is 10.6. The summed E-state index contributed by atoms with van der Waals surface area (Å²) in [6.07, 6.45) is 6.52. The number of aliphatic hydroxyl groups excluding tert-OH is 1. The first kappa shape index (κ1) is 13.9. The standard InChI is InChI=1S/C13H26FNO/c1-13(12-14)6-2-4-8-15(10-11-16)9-5-3-7-13/h16H,2-12H2,1H3. The lowest BCUT2D eigenvalue weighted by molar-refractivity contribution is 0.153. The van der Waals surface area contributed by atoms with Gasteiger partial charge >= 0.3 is 0 Å². The van der Waals surface area contributed by atoms with Crippen LogP contribution in [0, 0.1) is 5.41 Å². The number of rotatable bonds is 3. The van der Waals surface area contributed by atoms with Crippen molar-refractivity contribution in [3.8, 4) is 0 Å². The summed E-state index contributed by atoms with van der Waals surface area (Å²) in [5.41, 5.74) is -0.0703. The molecule has 1 fully saturated rings. The van der Waals surface area contributed by atoms with Gasteiger partial charge in [-0.05, 0) is 44.2 Å². The second kappa shape index (κ2) is 7.23. The molecule has 0 aromatic rings. The quantitative estimate of drug-likeness (QED) is 0.807. The third-order valence-corrected chi connectivity index (χ3v) is 3.75. The maximum absolute atomic E-state index is 13.0. The van der Waals surface area contributed by atoms with E-state index in [-0.39, 0.29) is 18.7 Å². The highest BCUT2D eigenvalue weighted by molar-refractivity contribution is 4.75. The minimum atomic E-state index is -0.173. The molecule has 2 nitrogen and oxygen atoms in total. The van der Waals surface area contributed by atoms with Crippen LogP contribution in [0.2, 0.25) is 0 Å². The molecule has 0 aromatic carbocycles. The van der Waals surface area contributed by atoms with Crippen LogP contribution in [-0.2, 0) is 0 Å². The lowest BCUT2D eigenvalue weighted by atomic mass is 9.81. The minimum Gasteiger partial charge on any atom is -0.395 e. The number of nitrogens with zero attached hydrogens (tertiary/aromatic N) is 1. The molecule has 96 valence electrons. The van der Waals surface area contributed by atoms with E-state index in [0.29, 0.717) is 0 Å². The van der Waals surface area contributed by atoms with Gasteiger partial charge in [0.05, 0.1) is 13.3 Å². The fourth-order valence-electron chi connectivity index (χ4n) is 2.51. The second-order valence-electron chi connectivity index (χ2n) is 5.42. The van der Waals surface area contributed by atoms with Gasteiger partial charge in [0.2, 0.25) is 0 Å². The van der Waals surface area contributed by atoms with Gasteiger partial charge in [-0.2, -0.15) is 0 Å². The molecule has 3 heteroatoms. The molecule has 1 rings (SSSR count). The molecule has 0 atom stereocenters. The average Bonchev–Trinajstić information content (AvgIpc) is 2.30. The van der Waals surface area contributed by atoms with Crippen LogP contribution in [0.3, 0.4) is 0 Å². The van der Waals surface area contributed by atoms with Gasteiger partial charge in [-0.1, -0.05) is 19.8 Å². The predicted octanol–water partition coefficient (Wildman–Crippen LogP) is 2.61. The van der Waals surface area contributed by atoms with Crippen LogP contribution in [-0.4, -0.2) is 42.9 Å².